The van der Waals surface area contributed by atoms with Crippen molar-refractivity contribution in [2.45, 2.75) is 154 Å². The first-order chi connectivity index (χ1) is 19.4. The fourth-order valence-electron chi connectivity index (χ4n) is 3.51. The van der Waals surface area contributed by atoms with Gasteiger partial charge >= 0.3 is 0 Å². The molecule has 1 atom stereocenters. The lowest BCUT2D eigenvalue weighted by atomic mass is 9.94. The van der Waals surface area contributed by atoms with Gasteiger partial charge in [-0.1, -0.05) is 152 Å². The van der Waals surface area contributed by atoms with E-state index in [9.17, 15) is 0 Å². The van der Waals surface area contributed by atoms with Crippen LogP contribution < -0.4 is 4.90 Å². The lowest BCUT2D eigenvalue weighted by Gasteiger charge is -2.21. The van der Waals surface area contributed by atoms with Gasteiger partial charge in [-0.3, -0.25) is 0 Å². The molecule has 0 amide bonds. The van der Waals surface area contributed by atoms with Gasteiger partial charge in [0.15, 0.2) is 0 Å². The molecule has 0 radical (unpaired) electrons. The van der Waals surface area contributed by atoms with E-state index >= 15 is 0 Å². The van der Waals surface area contributed by atoms with Crippen molar-refractivity contribution in [2.75, 3.05) is 25.2 Å². The third kappa shape index (κ3) is 36.3. The summed E-state index contributed by atoms with van der Waals surface area (Å²) in [6, 6.07) is 10.4. The molecule has 0 aromatic heterocycles. The van der Waals surface area contributed by atoms with E-state index in [-0.39, 0.29) is 0 Å². The third-order valence-corrected chi connectivity index (χ3v) is 6.46. The summed E-state index contributed by atoms with van der Waals surface area (Å²) in [7, 11) is 2.09. The van der Waals surface area contributed by atoms with Crippen LogP contribution in [0.2, 0.25) is 0 Å². The molecule has 2 rings (SSSR count). The van der Waals surface area contributed by atoms with Gasteiger partial charge in [0.25, 0.3) is 0 Å². The molecule has 0 saturated carbocycles. The Morgan fingerprint density at radius 2 is 1.38 bits per heavy atom. The number of unbranched alkanes of at least 4 members (excludes halogenated alkanes) is 2. The number of rotatable bonds is 10. The van der Waals surface area contributed by atoms with Crippen LogP contribution in [0.5, 0.6) is 0 Å². The summed E-state index contributed by atoms with van der Waals surface area (Å²) in [5, 5.41) is 0. The Kier molecular flexibility index (Phi) is 53.2. The van der Waals surface area contributed by atoms with Gasteiger partial charge in [-0.2, -0.15) is 0 Å². The van der Waals surface area contributed by atoms with Gasteiger partial charge < -0.3 is 9.64 Å². The van der Waals surface area contributed by atoms with Crippen molar-refractivity contribution in [2.24, 2.45) is 11.8 Å². The zero-order chi connectivity index (χ0) is 32.0. The van der Waals surface area contributed by atoms with Gasteiger partial charge in [-0.05, 0) is 50.2 Å². The molecular weight excluding hydrogens is 486 g/mol. The molecule has 0 spiro atoms. The highest BCUT2D eigenvalue weighted by Gasteiger charge is 2.12. The summed E-state index contributed by atoms with van der Waals surface area (Å²) in [6.07, 6.45) is 24.8. The summed E-state index contributed by atoms with van der Waals surface area (Å²) in [5.41, 5.74) is 2.54. The maximum atomic E-state index is 5.28. The summed E-state index contributed by atoms with van der Waals surface area (Å²) < 4.78 is 5.28. The molecule has 0 N–H and O–H groups in total. The van der Waals surface area contributed by atoms with Crippen LogP contribution in [0.15, 0.2) is 42.1 Å². The second-order valence-electron chi connectivity index (χ2n) is 9.65. The van der Waals surface area contributed by atoms with Crippen molar-refractivity contribution in [3.8, 4) is 12.8 Å². The molecule has 0 bridgehead atoms. The number of nitrogens with zero attached hydrogens (tertiary/aromatic N) is 1. The van der Waals surface area contributed by atoms with Gasteiger partial charge in [0.1, 0.15) is 0 Å². The first-order valence-corrected chi connectivity index (χ1v) is 16.8. The topological polar surface area (TPSA) is 12.5 Å². The predicted molar refractivity (Wildman–Crippen MR) is 189 cm³/mol. The zero-order valence-corrected chi connectivity index (χ0v) is 29.8. The second kappa shape index (κ2) is 44.3. The molecule has 1 fully saturated rings. The molecular formula is C38H75NO. The minimum Gasteiger partial charge on any atom is -0.381 e. The molecule has 40 heavy (non-hydrogen) atoms. The van der Waals surface area contributed by atoms with E-state index in [1.54, 1.807) is 0 Å². The first kappa shape index (κ1) is 48.0. The van der Waals surface area contributed by atoms with Crippen LogP contribution in [0, 0.1) is 24.7 Å². The number of benzene rings is 1. The highest BCUT2D eigenvalue weighted by atomic mass is 16.5. The smallest absolute Gasteiger partial charge is 0.0468 e. The van der Waals surface area contributed by atoms with Crippen LogP contribution >= 0.6 is 0 Å². The third-order valence-electron chi connectivity index (χ3n) is 6.46. The van der Waals surface area contributed by atoms with Gasteiger partial charge in [0.05, 0.1) is 0 Å². The Hall–Kier alpha value is -1.72. The Morgan fingerprint density at radius 1 is 0.875 bits per heavy atom. The van der Waals surface area contributed by atoms with E-state index in [1.807, 2.05) is 33.8 Å². The van der Waals surface area contributed by atoms with Crippen LogP contribution in [0.25, 0.3) is 0 Å². The molecule has 1 heterocycles. The Labute approximate surface area is 255 Å². The lowest BCUT2D eigenvalue weighted by Crippen LogP contribution is -2.15. The van der Waals surface area contributed by atoms with Gasteiger partial charge in [-0.15, -0.1) is 12.8 Å². The van der Waals surface area contributed by atoms with Crippen molar-refractivity contribution in [3.63, 3.8) is 0 Å². The molecule has 1 aromatic carbocycles. The summed E-state index contributed by atoms with van der Waals surface area (Å²) >= 11 is 0. The molecule has 1 aromatic rings. The molecule has 1 saturated heterocycles. The number of para-hydroxylation sites is 1. The van der Waals surface area contributed by atoms with Gasteiger partial charge in [0.2, 0.25) is 0 Å². The van der Waals surface area contributed by atoms with Gasteiger partial charge in [-0.25, -0.2) is 0 Å². The van der Waals surface area contributed by atoms with E-state index in [2.05, 4.69) is 111 Å². The zero-order valence-electron chi connectivity index (χ0n) is 29.8. The van der Waals surface area contributed by atoms with Crippen LogP contribution in [-0.2, 0) is 4.74 Å². The fourth-order valence-corrected chi connectivity index (χ4v) is 3.51. The number of anilines is 1. The van der Waals surface area contributed by atoms with Crippen molar-refractivity contribution in [1.82, 2.24) is 0 Å². The largest absolute Gasteiger partial charge is 0.381 e. The number of terminal acetylenes is 1. The van der Waals surface area contributed by atoms with Gasteiger partial charge in [0, 0.05) is 31.6 Å². The molecule has 2 nitrogen and oxygen atoms in total. The number of hydrogen-bond donors (Lipinski definition) is 0. The summed E-state index contributed by atoms with van der Waals surface area (Å²) in [6.45, 7) is 27.7. The van der Waals surface area contributed by atoms with Crippen molar-refractivity contribution < 1.29 is 4.74 Å². The molecule has 1 unspecified atom stereocenters. The average molecular weight is 562 g/mol. The Balaban J connectivity index is -0.000000135. The first-order valence-electron chi connectivity index (χ1n) is 16.8. The molecule has 1 aliphatic heterocycles. The molecule has 1 aliphatic rings. The predicted octanol–water partition coefficient (Wildman–Crippen LogP) is 13.0. The molecule has 238 valence electrons. The van der Waals surface area contributed by atoms with E-state index in [1.165, 1.54) is 75.6 Å². The van der Waals surface area contributed by atoms with Crippen molar-refractivity contribution in [1.29, 1.82) is 0 Å². The van der Waals surface area contributed by atoms with Crippen LogP contribution in [0.4, 0.5) is 5.69 Å². The summed E-state index contributed by atoms with van der Waals surface area (Å²) in [4.78, 5) is 2.20. The van der Waals surface area contributed by atoms with Crippen LogP contribution in [0.1, 0.15) is 154 Å². The number of allylic oxidation sites excluding steroid dienone is 2. The SMILES string of the molecule is C#C.CC.CC.CC/C=C(/C)N(C)c1ccccc1.CCCC.CCCC(C)CC.CCCCC1CCOCC1. The van der Waals surface area contributed by atoms with E-state index in [4.69, 9.17) is 4.74 Å². The minimum atomic E-state index is 0.949. The van der Waals surface area contributed by atoms with Crippen molar-refractivity contribution in [3.05, 3.63) is 42.1 Å². The van der Waals surface area contributed by atoms with E-state index in [0.29, 0.717) is 0 Å². The monoisotopic (exact) mass is 562 g/mol. The average Bonchev–Trinajstić information content (AvgIpc) is 3.04. The van der Waals surface area contributed by atoms with E-state index in [0.717, 1.165) is 31.5 Å². The summed E-state index contributed by atoms with van der Waals surface area (Å²) in [5.74, 6) is 1.93. The van der Waals surface area contributed by atoms with Crippen LogP contribution in [0.3, 0.4) is 0 Å². The van der Waals surface area contributed by atoms with E-state index < -0.39 is 0 Å². The quantitative estimate of drug-likeness (QED) is 0.263. The van der Waals surface area contributed by atoms with Crippen molar-refractivity contribution >= 4 is 5.69 Å². The second-order valence-corrected chi connectivity index (χ2v) is 9.65. The maximum absolute atomic E-state index is 5.28. The lowest BCUT2D eigenvalue weighted by molar-refractivity contribution is 0.0632. The Morgan fingerprint density at radius 3 is 1.73 bits per heavy atom. The Bertz CT molecular complexity index is 570. The molecule has 2 heteroatoms. The van der Waals surface area contributed by atoms with Crippen LogP contribution in [-0.4, -0.2) is 20.3 Å². The molecule has 0 aliphatic carbocycles. The fraction of sp³-hybridized carbons (Fsp3) is 0.737. The highest BCUT2D eigenvalue weighted by molar-refractivity contribution is 5.50. The minimum absolute atomic E-state index is 0.949. The maximum Gasteiger partial charge on any atom is 0.0468 e. The highest BCUT2D eigenvalue weighted by Crippen LogP contribution is 2.20. The number of hydrogen-bond acceptors (Lipinski definition) is 2. The standard InChI is InChI=1S/C12H17N.C9H18O.C7H16.C4H10.2C2H6.C2H2/c1-4-8-11(2)13(3)12-9-6-5-7-10-12;1-2-3-4-9-5-7-10-8-6-9;1-4-6-7(3)5-2;1-3-4-2;3*1-2/h5-10H,4H2,1-3H3;9H,2-8H2,1H3;7H,4-6H2,1-3H3;3-4H2,1-2H3;2*1-2H3;1-2H/b11-8-;;;;;;. The number of ether oxygens (including phenoxy) is 1. The normalized spacial score (nSPS) is 12.6.